The number of aromatic hydroxyl groups is 2. The zero-order valence-corrected chi connectivity index (χ0v) is 10.7. The monoisotopic (exact) mass is 246 g/mol. The minimum Gasteiger partial charge on any atom is -0.504 e. The number of rotatable bonds is 4. The summed E-state index contributed by atoms with van der Waals surface area (Å²) in [6, 6.07) is 7.60. The molecule has 3 heteroatoms. The minimum absolute atomic E-state index is 0.0600. The molecular formula is C15H18O3. The Bertz CT molecular complexity index is 523. The number of furan rings is 1. The predicted molar refractivity (Wildman–Crippen MR) is 70.8 cm³/mol. The van der Waals surface area contributed by atoms with E-state index in [2.05, 4.69) is 6.92 Å². The van der Waals surface area contributed by atoms with Crippen LogP contribution in [0.1, 0.15) is 31.1 Å². The fourth-order valence-electron chi connectivity index (χ4n) is 1.94. The predicted octanol–water partition coefficient (Wildman–Crippen LogP) is 4.01. The summed E-state index contributed by atoms with van der Waals surface area (Å²) in [6.07, 6.45) is 2.58. The molecule has 0 aliphatic heterocycles. The molecule has 0 fully saturated rings. The maximum atomic E-state index is 10.1. The molecule has 1 aromatic carbocycles. The summed E-state index contributed by atoms with van der Waals surface area (Å²) in [5.74, 6) is 0.317. The van der Waals surface area contributed by atoms with Crippen molar-refractivity contribution in [2.24, 2.45) is 0 Å². The van der Waals surface area contributed by atoms with Crippen molar-refractivity contribution in [1.82, 2.24) is 0 Å². The van der Waals surface area contributed by atoms with E-state index in [9.17, 15) is 10.2 Å². The molecule has 3 nitrogen and oxygen atoms in total. The van der Waals surface area contributed by atoms with Crippen molar-refractivity contribution in [2.45, 2.75) is 33.1 Å². The van der Waals surface area contributed by atoms with Crippen LogP contribution in [-0.2, 0) is 6.42 Å². The Hall–Kier alpha value is -1.90. The van der Waals surface area contributed by atoms with Crippen LogP contribution in [0, 0.1) is 6.92 Å². The van der Waals surface area contributed by atoms with Crippen molar-refractivity contribution in [3.05, 3.63) is 35.6 Å². The minimum atomic E-state index is -0.206. The zero-order chi connectivity index (χ0) is 13.1. The van der Waals surface area contributed by atoms with Gasteiger partial charge in [0.2, 0.25) is 0 Å². The van der Waals surface area contributed by atoms with Crippen molar-refractivity contribution in [2.75, 3.05) is 0 Å². The van der Waals surface area contributed by atoms with Gasteiger partial charge in [-0.05, 0) is 18.9 Å². The Morgan fingerprint density at radius 1 is 1.11 bits per heavy atom. The molecule has 2 rings (SSSR count). The molecule has 0 spiro atoms. The number of hydrogen-bond acceptors (Lipinski definition) is 3. The molecule has 0 unspecified atom stereocenters. The maximum Gasteiger partial charge on any atom is 0.294 e. The van der Waals surface area contributed by atoms with Gasteiger partial charge < -0.3 is 14.6 Å². The molecule has 96 valence electrons. The molecule has 0 aliphatic carbocycles. The van der Waals surface area contributed by atoms with Crippen LogP contribution in [0.4, 0.5) is 0 Å². The summed E-state index contributed by atoms with van der Waals surface area (Å²) in [5, 5.41) is 19.9. The van der Waals surface area contributed by atoms with E-state index >= 15 is 0 Å². The van der Waals surface area contributed by atoms with Crippen LogP contribution in [0.5, 0.6) is 11.7 Å². The lowest BCUT2D eigenvalue weighted by atomic mass is 10.0. The van der Waals surface area contributed by atoms with Gasteiger partial charge in [-0.2, -0.15) is 0 Å². The zero-order valence-electron chi connectivity index (χ0n) is 10.7. The average molecular weight is 246 g/mol. The van der Waals surface area contributed by atoms with Crippen LogP contribution in [0.3, 0.4) is 0 Å². The Morgan fingerprint density at radius 3 is 2.39 bits per heavy atom. The fraction of sp³-hybridized carbons (Fsp3) is 0.333. The van der Waals surface area contributed by atoms with E-state index in [1.807, 2.05) is 31.2 Å². The van der Waals surface area contributed by atoms with Crippen LogP contribution >= 0.6 is 0 Å². The van der Waals surface area contributed by atoms with Crippen LogP contribution in [0.2, 0.25) is 0 Å². The van der Waals surface area contributed by atoms with E-state index < -0.39 is 0 Å². The van der Waals surface area contributed by atoms with E-state index in [4.69, 9.17) is 4.42 Å². The lowest BCUT2D eigenvalue weighted by Gasteiger charge is -2.00. The van der Waals surface area contributed by atoms with Gasteiger partial charge in [-0.15, -0.1) is 0 Å². The average Bonchev–Trinajstić information content (AvgIpc) is 2.63. The molecule has 1 aromatic heterocycles. The summed E-state index contributed by atoms with van der Waals surface area (Å²) in [4.78, 5) is 0. The highest BCUT2D eigenvalue weighted by molar-refractivity contribution is 5.75. The molecule has 0 aliphatic rings. The maximum absolute atomic E-state index is 10.1. The standard InChI is InChI=1S/C15H18O3/c1-3-4-5-12-14(16)13(15(17)18-12)11-8-6-10(2)7-9-11/h6-9,16-17H,3-5H2,1-2H3. The van der Waals surface area contributed by atoms with E-state index in [1.165, 1.54) is 0 Å². The molecule has 0 saturated carbocycles. The third-order valence-corrected chi connectivity index (χ3v) is 3.03. The first-order valence-electron chi connectivity index (χ1n) is 6.24. The fourth-order valence-corrected chi connectivity index (χ4v) is 1.94. The van der Waals surface area contributed by atoms with Gasteiger partial charge in [-0.1, -0.05) is 43.2 Å². The van der Waals surface area contributed by atoms with E-state index in [1.54, 1.807) is 0 Å². The van der Waals surface area contributed by atoms with Crippen molar-refractivity contribution in [3.8, 4) is 22.8 Å². The van der Waals surface area contributed by atoms with Gasteiger partial charge in [-0.25, -0.2) is 0 Å². The highest BCUT2D eigenvalue weighted by atomic mass is 16.5. The van der Waals surface area contributed by atoms with Crippen LogP contribution < -0.4 is 0 Å². The summed E-state index contributed by atoms with van der Waals surface area (Å²) in [7, 11) is 0. The smallest absolute Gasteiger partial charge is 0.294 e. The van der Waals surface area contributed by atoms with Crippen LogP contribution in [0.25, 0.3) is 11.1 Å². The molecule has 0 saturated heterocycles. The van der Waals surface area contributed by atoms with Crippen molar-refractivity contribution in [1.29, 1.82) is 0 Å². The Balaban J connectivity index is 2.38. The van der Waals surface area contributed by atoms with Crippen molar-refractivity contribution >= 4 is 0 Å². The van der Waals surface area contributed by atoms with Crippen LogP contribution in [0.15, 0.2) is 28.7 Å². The normalized spacial score (nSPS) is 10.8. The molecule has 0 atom stereocenters. The molecule has 1 heterocycles. The van der Waals surface area contributed by atoms with Gasteiger partial charge in [0.25, 0.3) is 5.95 Å². The molecule has 2 N–H and O–H groups in total. The van der Waals surface area contributed by atoms with E-state index in [0.717, 1.165) is 24.0 Å². The highest BCUT2D eigenvalue weighted by Gasteiger charge is 2.20. The number of benzene rings is 1. The summed E-state index contributed by atoms with van der Waals surface area (Å²) in [5.41, 5.74) is 2.29. The second-order valence-electron chi connectivity index (χ2n) is 4.52. The van der Waals surface area contributed by atoms with Gasteiger partial charge in [-0.3, -0.25) is 0 Å². The molecule has 2 aromatic rings. The Kier molecular flexibility index (Phi) is 3.60. The third-order valence-electron chi connectivity index (χ3n) is 3.03. The quantitative estimate of drug-likeness (QED) is 0.857. The van der Waals surface area contributed by atoms with E-state index in [-0.39, 0.29) is 11.7 Å². The molecule has 18 heavy (non-hydrogen) atoms. The first kappa shape index (κ1) is 12.6. The topological polar surface area (TPSA) is 53.6 Å². The van der Waals surface area contributed by atoms with Gasteiger partial charge >= 0.3 is 0 Å². The third kappa shape index (κ3) is 2.35. The number of hydrogen-bond donors (Lipinski definition) is 2. The lowest BCUT2D eigenvalue weighted by molar-refractivity contribution is 0.315. The second-order valence-corrected chi connectivity index (χ2v) is 4.52. The van der Waals surface area contributed by atoms with Crippen molar-refractivity contribution < 1.29 is 14.6 Å². The second kappa shape index (κ2) is 5.17. The highest BCUT2D eigenvalue weighted by Crippen LogP contribution is 2.42. The SMILES string of the molecule is CCCCc1oc(O)c(-c2ccc(C)cc2)c1O. The largest absolute Gasteiger partial charge is 0.504 e. The summed E-state index contributed by atoms with van der Waals surface area (Å²) >= 11 is 0. The van der Waals surface area contributed by atoms with Crippen LogP contribution in [-0.4, -0.2) is 10.2 Å². The summed E-state index contributed by atoms with van der Waals surface area (Å²) < 4.78 is 5.24. The number of unbranched alkanes of at least 4 members (excludes halogenated alkanes) is 1. The van der Waals surface area contributed by atoms with E-state index in [0.29, 0.717) is 17.7 Å². The first-order valence-corrected chi connectivity index (χ1v) is 6.24. The molecular weight excluding hydrogens is 228 g/mol. The lowest BCUT2D eigenvalue weighted by Crippen LogP contribution is -1.82. The van der Waals surface area contributed by atoms with Gasteiger partial charge in [0.1, 0.15) is 5.56 Å². The van der Waals surface area contributed by atoms with Gasteiger partial charge in [0.05, 0.1) is 0 Å². The first-order chi connectivity index (χ1) is 8.63. The van der Waals surface area contributed by atoms with Gasteiger partial charge in [0.15, 0.2) is 11.5 Å². The van der Waals surface area contributed by atoms with Crippen molar-refractivity contribution in [3.63, 3.8) is 0 Å². The summed E-state index contributed by atoms with van der Waals surface area (Å²) in [6.45, 7) is 4.06. The van der Waals surface area contributed by atoms with Gasteiger partial charge in [0, 0.05) is 6.42 Å². The Morgan fingerprint density at radius 2 is 1.78 bits per heavy atom. The molecule has 0 radical (unpaired) electrons. The molecule has 0 amide bonds. The number of aryl methyl sites for hydroxylation is 2. The molecule has 0 bridgehead atoms. The Labute approximate surface area is 107 Å².